The molecule has 0 saturated carbocycles. The first-order valence-electron chi connectivity index (χ1n) is 7.01. The van der Waals surface area contributed by atoms with Crippen molar-refractivity contribution in [1.82, 2.24) is 4.90 Å². The van der Waals surface area contributed by atoms with Gasteiger partial charge in [-0.3, -0.25) is 4.90 Å². The van der Waals surface area contributed by atoms with Gasteiger partial charge in [-0.2, -0.15) is 0 Å². The number of aliphatic hydroxyl groups is 1. The van der Waals surface area contributed by atoms with Gasteiger partial charge >= 0.3 is 0 Å². The maximum Gasteiger partial charge on any atom is 0.0610 e. The minimum atomic E-state index is -0.0578. The van der Waals surface area contributed by atoms with Gasteiger partial charge in [0.25, 0.3) is 0 Å². The third kappa shape index (κ3) is 3.33. The Labute approximate surface area is 111 Å². The normalized spacial score (nSPS) is 19.1. The molecule has 1 aromatic rings. The quantitative estimate of drug-likeness (QED) is 0.884. The maximum absolute atomic E-state index is 9.41. The van der Waals surface area contributed by atoms with Crippen LogP contribution >= 0.6 is 0 Å². The zero-order valence-corrected chi connectivity index (χ0v) is 11.6. The van der Waals surface area contributed by atoms with Gasteiger partial charge in [-0.25, -0.2) is 0 Å². The number of aliphatic hydroxyl groups excluding tert-OH is 1. The van der Waals surface area contributed by atoms with Crippen LogP contribution < -0.4 is 0 Å². The molecule has 0 amide bonds. The van der Waals surface area contributed by atoms with Crippen molar-refractivity contribution in [1.29, 1.82) is 0 Å². The number of piperidine rings is 1. The van der Waals surface area contributed by atoms with Crippen molar-refractivity contribution in [3.8, 4) is 0 Å². The summed E-state index contributed by atoms with van der Waals surface area (Å²) in [6, 6.07) is 10.8. The molecule has 1 aromatic carbocycles. The van der Waals surface area contributed by atoms with E-state index >= 15 is 0 Å². The molecule has 1 fully saturated rings. The number of hydrogen-bond acceptors (Lipinski definition) is 2. The Morgan fingerprint density at radius 1 is 1.17 bits per heavy atom. The second kappa shape index (κ2) is 5.85. The molecule has 1 heterocycles. The molecule has 2 rings (SSSR count). The van der Waals surface area contributed by atoms with E-state index in [-0.39, 0.29) is 12.1 Å². The summed E-state index contributed by atoms with van der Waals surface area (Å²) >= 11 is 0. The fourth-order valence-electron chi connectivity index (χ4n) is 2.79. The molecule has 1 N–H and O–H groups in total. The van der Waals surface area contributed by atoms with Crippen molar-refractivity contribution in [3.05, 3.63) is 35.9 Å². The van der Waals surface area contributed by atoms with E-state index in [0.29, 0.717) is 0 Å². The van der Waals surface area contributed by atoms with E-state index in [1.54, 1.807) is 0 Å². The lowest BCUT2D eigenvalue weighted by Gasteiger charge is -2.42. The van der Waals surface area contributed by atoms with Crippen LogP contribution in [0.3, 0.4) is 0 Å². The number of likely N-dealkylation sites (tertiary alicyclic amines) is 1. The Bertz CT molecular complexity index is 353. The van der Waals surface area contributed by atoms with E-state index in [1.807, 2.05) is 0 Å². The summed E-state index contributed by atoms with van der Waals surface area (Å²) in [6.45, 7) is 6.74. The van der Waals surface area contributed by atoms with Crippen LogP contribution in [0, 0.1) is 5.92 Å². The minimum Gasteiger partial charge on any atom is -0.394 e. The SMILES string of the molecule is CC(C)(CO)N1CCC(Cc2ccccc2)CC1. The molecule has 0 radical (unpaired) electrons. The summed E-state index contributed by atoms with van der Waals surface area (Å²) in [5.41, 5.74) is 1.40. The van der Waals surface area contributed by atoms with Gasteiger partial charge in [0.15, 0.2) is 0 Å². The molecule has 1 aliphatic heterocycles. The van der Waals surface area contributed by atoms with Gasteiger partial charge in [0, 0.05) is 5.54 Å². The first kappa shape index (κ1) is 13.6. The summed E-state index contributed by atoms with van der Waals surface area (Å²) in [5.74, 6) is 0.804. The third-order valence-electron chi connectivity index (χ3n) is 4.22. The molecule has 18 heavy (non-hydrogen) atoms. The highest BCUT2D eigenvalue weighted by Gasteiger charge is 2.29. The minimum absolute atomic E-state index is 0.0578. The van der Waals surface area contributed by atoms with Gasteiger partial charge in [0.05, 0.1) is 6.61 Å². The molecule has 0 unspecified atom stereocenters. The average molecular weight is 247 g/mol. The van der Waals surface area contributed by atoms with Gasteiger partial charge in [0.2, 0.25) is 0 Å². The number of rotatable bonds is 4. The van der Waals surface area contributed by atoms with Gasteiger partial charge < -0.3 is 5.11 Å². The monoisotopic (exact) mass is 247 g/mol. The Hall–Kier alpha value is -0.860. The van der Waals surface area contributed by atoms with Crippen LogP contribution in [0.15, 0.2) is 30.3 Å². The van der Waals surface area contributed by atoms with Crippen LogP contribution in [0.5, 0.6) is 0 Å². The van der Waals surface area contributed by atoms with E-state index in [1.165, 1.54) is 24.8 Å². The summed E-state index contributed by atoms with van der Waals surface area (Å²) in [6.07, 6.45) is 3.70. The van der Waals surface area contributed by atoms with Crippen LogP contribution in [0.25, 0.3) is 0 Å². The Balaban J connectivity index is 1.84. The maximum atomic E-state index is 9.41. The van der Waals surface area contributed by atoms with Crippen LogP contribution in [0.1, 0.15) is 32.3 Å². The second-order valence-electron chi connectivity index (χ2n) is 6.09. The standard InChI is InChI=1S/C16H25NO/c1-16(2,13-18)17-10-8-15(9-11-17)12-14-6-4-3-5-7-14/h3-7,15,18H,8-13H2,1-2H3. The van der Waals surface area contributed by atoms with Crippen LogP contribution in [0.2, 0.25) is 0 Å². The van der Waals surface area contributed by atoms with Crippen LogP contribution in [0.4, 0.5) is 0 Å². The third-order valence-corrected chi connectivity index (χ3v) is 4.22. The zero-order chi connectivity index (χ0) is 13.0. The van der Waals surface area contributed by atoms with E-state index in [9.17, 15) is 5.11 Å². The molecule has 1 aliphatic rings. The van der Waals surface area contributed by atoms with Crippen molar-refractivity contribution >= 4 is 0 Å². The lowest BCUT2D eigenvalue weighted by molar-refractivity contribution is 0.0299. The number of benzene rings is 1. The molecule has 1 saturated heterocycles. The predicted octanol–water partition coefficient (Wildman–Crippen LogP) is 2.71. The zero-order valence-electron chi connectivity index (χ0n) is 11.6. The molecular weight excluding hydrogens is 222 g/mol. The van der Waals surface area contributed by atoms with Gasteiger partial charge in [-0.15, -0.1) is 0 Å². The molecule has 0 aliphatic carbocycles. The Kier molecular flexibility index (Phi) is 4.41. The van der Waals surface area contributed by atoms with Gasteiger partial charge in [0.1, 0.15) is 0 Å². The van der Waals surface area contributed by atoms with Crippen molar-refractivity contribution in [3.63, 3.8) is 0 Å². The molecule has 0 spiro atoms. The highest BCUT2D eigenvalue weighted by Crippen LogP contribution is 2.26. The van der Waals surface area contributed by atoms with E-state index < -0.39 is 0 Å². The van der Waals surface area contributed by atoms with Crippen LogP contribution in [-0.4, -0.2) is 35.2 Å². The van der Waals surface area contributed by atoms with Gasteiger partial charge in [-0.1, -0.05) is 30.3 Å². The Morgan fingerprint density at radius 2 is 1.78 bits per heavy atom. The first-order chi connectivity index (χ1) is 8.62. The summed E-state index contributed by atoms with van der Waals surface area (Å²) < 4.78 is 0. The van der Waals surface area contributed by atoms with Crippen molar-refractivity contribution in [2.45, 2.75) is 38.6 Å². The summed E-state index contributed by atoms with van der Waals surface area (Å²) in [7, 11) is 0. The largest absolute Gasteiger partial charge is 0.394 e. The van der Waals surface area contributed by atoms with Crippen LogP contribution in [-0.2, 0) is 6.42 Å². The highest BCUT2D eigenvalue weighted by molar-refractivity contribution is 5.15. The molecule has 0 atom stereocenters. The van der Waals surface area contributed by atoms with Gasteiger partial charge in [-0.05, 0) is 57.7 Å². The topological polar surface area (TPSA) is 23.5 Å². The molecule has 0 bridgehead atoms. The lowest BCUT2D eigenvalue weighted by atomic mass is 9.88. The lowest BCUT2D eigenvalue weighted by Crippen LogP contribution is -2.50. The fourth-order valence-corrected chi connectivity index (χ4v) is 2.79. The number of hydrogen-bond donors (Lipinski definition) is 1. The first-order valence-corrected chi connectivity index (χ1v) is 7.01. The summed E-state index contributed by atoms with van der Waals surface area (Å²) in [5, 5.41) is 9.41. The molecular formula is C16H25NO. The predicted molar refractivity (Wildman–Crippen MR) is 75.6 cm³/mol. The molecule has 2 nitrogen and oxygen atoms in total. The molecule has 0 aromatic heterocycles. The van der Waals surface area contributed by atoms with E-state index in [0.717, 1.165) is 19.0 Å². The fraction of sp³-hybridized carbons (Fsp3) is 0.625. The van der Waals surface area contributed by atoms with Crippen molar-refractivity contribution in [2.75, 3.05) is 19.7 Å². The smallest absolute Gasteiger partial charge is 0.0610 e. The Morgan fingerprint density at radius 3 is 2.33 bits per heavy atom. The van der Waals surface area contributed by atoms with Crippen molar-refractivity contribution < 1.29 is 5.11 Å². The highest BCUT2D eigenvalue weighted by atomic mass is 16.3. The molecule has 2 heteroatoms. The molecule has 100 valence electrons. The van der Waals surface area contributed by atoms with E-state index in [4.69, 9.17) is 0 Å². The summed E-state index contributed by atoms with van der Waals surface area (Å²) in [4.78, 5) is 2.43. The second-order valence-corrected chi connectivity index (χ2v) is 6.09. The average Bonchev–Trinajstić information content (AvgIpc) is 2.40. The van der Waals surface area contributed by atoms with E-state index in [2.05, 4.69) is 49.1 Å². The van der Waals surface area contributed by atoms with Crippen molar-refractivity contribution in [2.24, 2.45) is 5.92 Å². The number of nitrogens with zero attached hydrogens (tertiary/aromatic N) is 1.